The molecule has 0 N–H and O–H groups in total. The van der Waals surface area contributed by atoms with Crippen molar-refractivity contribution in [2.75, 3.05) is 13.9 Å². The largest absolute Gasteiger partial charge is 0.359 e. The van der Waals surface area contributed by atoms with E-state index >= 15 is 0 Å². The lowest BCUT2D eigenvalue weighted by Gasteiger charge is -2.01. The molecule has 59 valence electrons. The van der Waals surface area contributed by atoms with Crippen molar-refractivity contribution in [2.24, 2.45) is 0 Å². The minimum atomic E-state index is 0.346. The molecule has 1 aromatic rings. The van der Waals surface area contributed by atoms with Crippen LogP contribution in [0.2, 0.25) is 0 Å². The molecule has 0 spiro atoms. The van der Waals surface area contributed by atoms with Gasteiger partial charge in [0.05, 0.1) is 6.61 Å². The quantitative estimate of drug-likeness (QED) is 0.480. The van der Waals surface area contributed by atoms with E-state index in [0.717, 1.165) is 5.56 Å². The third kappa shape index (κ3) is 3.16. The summed E-state index contributed by atoms with van der Waals surface area (Å²) in [4.78, 5) is 0. The molecule has 0 unspecified atom stereocenters. The van der Waals surface area contributed by atoms with Crippen molar-refractivity contribution in [1.82, 2.24) is 0 Å². The van der Waals surface area contributed by atoms with Gasteiger partial charge in [0.25, 0.3) is 0 Å². The maximum Gasteiger partial charge on any atom is 0.146 e. The average molecular weight is 151 g/mol. The Balaban J connectivity index is 2.28. The summed E-state index contributed by atoms with van der Waals surface area (Å²) in [5, 5.41) is 0. The van der Waals surface area contributed by atoms with E-state index in [4.69, 9.17) is 9.47 Å². The molecule has 0 saturated heterocycles. The van der Waals surface area contributed by atoms with E-state index in [9.17, 15) is 0 Å². The zero-order valence-electron chi connectivity index (χ0n) is 6.54. The lowest BCUT2D eigenvalue weighted by molar-refractivity contribution is -0.0390. The molecular formula is C9H11O2. The van der Waals surface area contributed by atoms with Crippen LogP contribution in [0.1, 0.15) is 5.56 Å². The van der Waals surface area contributed by atoms with Gasteiger partial charge < -0.3 is 9.47 Å². The molecule has 0 saturated carbocycles. The van der Waals surface area contributed by atoms with Gasteiger partial charge in [-0.25, -0.2) is 0 Å². The molecule has 0 aliphatic carbocycles. The van der Waals surface area contributed by atoms with Crippen LogP contribution in [-0.4, -0.2) is 13.9 Å². The van der Waals surface area contributed by atoms with Crippen LogP contribution in [-0.2, 0) is 16.1 Å². The van der Waals surface area contributed by atoms with E-state index in [1.54, 1.807) is 7.11 Å². The maximum atomic E-state index is 5.13. The van der Waals surface area contributed by atoms with Gasteiger partial charge in [0, 0.05) is 7.11 Å². The first kappa shape index (κ1) is 8.24. The molecule has 11 heavy (non-hydrogen) atoms. The van der Waals surface area contributed by atoms with Crippen LogP contribution in [0.5, 0.6) is 0 Å². The van der Waals surface area contributed by atoms with Crippen molar-refractivity contribution in [3.63, 3.8) is 0 Å². The first-order valence-electron chi connectivity index (χ1n) is 3.45. The van der Waals surface area contributed by atoms with Gasteiger partial charge in [-0.2, -0.15) is 0 Å². The Kier molecular flexibility index (Phi) is 3.65. The van der Waals surface area contributed by atoms with E-state index < -0.39 is 0 Å². The monoisotopic (exact) mass is 151 g/mol. The third-order valence-electron chi connectivity index (χ3n) is 1.26. The van der Waals surface area contributed by atoms with Gasteiger partial charge in [-0.05, 0) is 11.6 Å². The molecule has 0 heterocycles. The number of methoxy groups -OCH3 is 1. The van der Waals surface area contributed by atoms with Gasteiger partial charge in [-0.3, -0.25) is 0 Å². The Morgan fingerprint density at radius 1 is 1.36 bits per heavy atom. The van der Waals surface area contributed by atoms with Gasteiger partial charge in [0.1, 0.15) is 6.79 Å². The van der Waals surface area contributed by atoms with Crippen molar-refractivity contribution >= 4 is 0 Å². The molecular weight excluding hydrogens is 140 g/mol. The molecule has 0 fully saturated rings. The zero-order chi connectivity index (χ0) is 7.94. The molecule has 2 nitrogen and oxygen atoms in total. The summed E-state index contributed by atoms with van der Waals surface area (Å²) in [6, 6.07) is 10.6. The van der Waals surface area contributed by atoms with E-state index in [1.807, 2.05) is 24.3 Å². The number of hydrogen-bond acceptors (Lipinski definition) is 2. The molecule has 0 aliphatic heterocycles. The summed E-state index contributed by atoms with van der Waals surface area (Å²) >= 11 is 0. The van der Waals surface area contributed by atoms with Crippen LogP contribution < -0.4 is 0 Å². The second kappa shape index (κ2) is 4.88. The van der Waals surface area contributed by atoms with Crippen molar-refractivity contribution < 1.29 is 9.47 Å². The number of hydrogen-bond donors (Lipinski definition) is 0. The van der Waals surface area contributed by atoms with Gasteiger partial charge in [0.15, 0.2) is 0 Å². The minimum Gasteiger partial charge on any atom is -0.359 e. The van der Waals surface area contributed by atoms with E-state index in [2.05, 4.69) is 6.07 Å². The number of ether oxygens (including phenoxy) is 2. The first-order chi connectivity index (χ1) is 5.43. The summed E-state index contributed by atoms with van der Waals surface area (Å²) in [5.41, 5.74) is 1.14. The summed E-state index contributed by atoms with van der Waals surface area (Å²) in [6.07, 6.45) is 0. The average Bonchev–Trinajstić information content (AvgIpc) is 2.07. The van der Waals surface area contributed by atoms with Crippen LogP contribution in [0.25, 0.3) is 0 Å². The molecule has 0 bridgehead atoms. The number of rotatable bonds is 4. The fourth-order valence-corrected chi connectivity index (χ4v) is 0.760. The fourth-order valence-electron chi connectivity index (χ4n) is 0.760. The Bertz CT molecular complexity index is 184. The van der Waals surface area contributed by atoms with Crippen LogP contribution >= 0.6 is 0 Å². The van der Waals surface area contributed by atoms with Crippen LogP contribution in [0.3, 0.4) is 0 Å². The third-order valence-corrected chi connectivity index (χ3v) is 1.26. The molecule has 1 radical (unpaired) electrons. The van der Waals surface area contributed by atoms with Gasteiger partial charge in [-0.1, -0.05) is 24.3 Å². The highest BCUT2D eigenvalue weighted by Gasteiger charge is 1.88. The van der Waals surface area contributed by atoms with Gasteiger partial charge in [0.2, 0.25) is 0 Å². The predicted molar refractivity (Wildman–Crippen MR) is 41.9 cm³/mol. The Hall–Kier alpha value is -0.860. The first-order valence-corrected chi connectivity index (χ1v) is 3.45. The van der Waals surface area contributed by atoms with Crippen molar-refractivity contribution in [2.45, 2.75) is 6.61 Å². The summed E-state index contributed by atoms with van der Waals surface area (Å²) < 4.78 is 9.87. The van der Waals surface area contributed by atoms with E-state index in [-0.39, 0.29) is 0 Å². The summed E-state index contributed by atoms with van der Waals surface area (Å²) in [6.45, 7) is 0.946. The lowest BCUT2D eigenvalue weighted by atomic mass is 10.2. The Morgan fingerprint density at radius 3 is 2.73 bits per heavy atom. The van der Waals surface area contributed by atoms with Crippen molar-refractivity contribution in [1.29, 1.82) is 0 Å². The molecule has 0 atom stereocenters. The standard InChI is InChI=1S/C9H11O2/c1-10-8-11-7-9-5-3-2-4-6-9/h3-6H,7-8H2,1H3. The molecule has 1 aromatic carbocycles. The zero-order valence-corrected chi connectivity index (χ0v) is 6.54. The van der Waals surface area contributed by atoms with Gasteiger partial charge >= 0.3 is 0 Å². The second-order valence-electron chi connectivity index (χ2n) is 2.16. The summed E-state index contributed by atoms with van der Waals surface area (Å²) in [5.74, 6) is 0. The molecule has 0 aliphatic rings. The van der Waals surface area contributed by atoms with Crippen LogP contribution in [0, 0.1) is 6.07 Å². The fraction of sp³-hybridized carbons (Fsp3) is 0.333. The molecule has 0 aromatic heterocycles. The van der Waals surface area contributed by atoms with Gasteiger partial charge in [-0.15, -0.1) is 0 Å². The highest BCUT2D eigenvalue weighted by Crippen LogP contribution is 1.99. The normalized spacial score (nSPS) is 9.91. The Labute approximate surface area is 66.8 Å². The van der Waals surface area contributed by atoms with Crippen molar-refractivity contribution in [3.05, 3.63) is 35.9 Å². The highest BCUT2D eigenvalue weighted by molar-refractivity contribution is 5.12. The number of benzene rings is 1. The second-order valence-corrected chi connectivity index (χ2v) is 2.16. The Morgan fingerprint density at radius 2 is 2.09 bits per heavy atom. The SMILES string of the molecule is COCOCc1cc[c]cc1. The smallest absolute Gasteiger partial charge is 0.146 e. The minimum absolute atomic E-state index is 0.346. The summed E-state index contributed by atoms with van der Waals surface area (Å²) in [7, 11) is 1.61. The van der Waals surface area contributed by atoms with E-state index in [0.29, 0.717) is 13.4 Å². The highest BCUT2D eigenvalue weighted by atomic mass is 16.7. The van der Waals surface area contributed by atoms with Crippen LogP contribution in [0.4, 0.5) is 0 Å². The van der Waals surface area contributed by atoms with Crippen molar-refractivity contribution in [3.8, 4) is 0 Å². The molecule has 0 amide bonds. The van der Waals surface area contributed by atoms with E-state index in [1.165, 1.54) is 0 Å². The van der Waals surface area contributed by atoms with Crippen LogP contribution in [0.15, 0.2) is 24.3 Å². The molecule has 1 rings (SSSR count). The maximum absolute atomic E-state index is 5.13. The predicted octanol–water partition coefficient (Wildman–Crippen LogP) is 1.61. The lowest BCUT2D eigenvalue weighted by Crippen LogP contribution is -1.96. The molecule has 2 heteroatoms. The topological polar surface area (TPSA) is 18.5 Å².